The van der Waals surface area contributed by atoms with Crippen molar-refractivity contribution in [1.82, 2.24) is 9.62 Å². The summed E-state index contributed by atoms with van der Waals surface area (Å²) in [5.74, 6) is -0.889. The van der Waals surface area contributed by atoms with Gasteiger partial charge in [0.25, 0.3) is 0 Å². The first-order chi connectivity index (χ1) is 17.4. The first kappa shape index (κ1) is 25.3. The third-order valence-corrected chi connectivity index (χ3v) is 7.23. The fourth-order valence-electron chi connectivity index (χ4n) is 3.94. The van der Waals surface area contributed by atoms with Gasteiger partial charge in [0.1, 0.15) is 11.9 Å². The highest BCUT2D eigenvalue weighted by atomic mass is 32.2. The van der Waals surface area contributed by atoms with E-state index in [9.17, 15) is 17.6 Å². The molecule has 0 aliphatic heterocycles. The lowest BCUT2D eigenvalue weighted by atomic mass is 10.0. The molecule has 7 heteroatoms. The summed E-state index contributed by atoms with van der Waals surface area (Å²) in [5, 5.41) is 0. The number of halogens is 1. The Morgan fingerprint density at radius 2 is 1.14 bits per heavy atom. The van der Waals surface area contributed by atoms with Crippen LogP contribution in [0.1, 0.15) is 16.7 Å². The molecule has 1 N–H and O–H groups in total. The molecule has 0 fully saturated rings. The van der Waals surface area contributed by atoms with Crippen LogP contribution in [-0.4, -0.2) is 25.3 Å². The van der Waals surface area contributed by atoms with Crippen LogP contribution in [0, 0.1) is 5.82 Å². The number of rotatable bonds is 10. The highest BCUT2D eigenvalue weighted by molar-refractivity contribution is 7.89. The third kappa shape index (κ3) is 6.87. The molecule has 36 heavy (non-hydrogen) atoms. The van der Waals surface area contributed by atoms with Crippen LogP contribution in [0.4, 0.5) is 4.39 Å². The Balaban J connectivity index is 1.67. The number of benzene rings is 4. The van der Waals surface area contributed by atoms with Gasteiger partial charge in [0.2, 0.25) is 15.9 Å². The molecule has 0 unspecified atom stereocenters. The van der Waals surface area contributed by atoms with Crippen molar-refractivity contribution in [1.29, 1.82) is 0 Å². The van der Waals surface area contributed by atoms with E-state index in [1.54, 1.807) is 4.90 Å². The van der Waals surface area contributed by atoms with Crippen molar-refractivity contribution in [2.75, 3.05) is 0 Å². The minimum Gasteiger partial charge on any atom is -0.333 e. The number of amides is 1. The highest BCUT2D eigenvalue weighted by Crippen LogP contribution is 2.17. The molecule has 184 valence electrons. The predicted octanol–water partition coefficient (Wildman–Crippen LogP) is 4.94. The van der Waals surface area contributed by atoms with Crippen molar-refractivity contribution in [3.63, 3.8) is 0 Å². The maximum absolute atomic E-state index is 14.0. The second-order valence-corrected chi connectivity index (χ2v) is 10.2. The normalized spacial score (nSPS) is 12.1. The highest BCUT2D eigenvalue weighted by Gasteiger charge is 2.30. The van der Waals surface area contributed by atoms with Gasteiger partial charge in [-0.15, -0.1) is 0 Å². The second-order valence-electron chi connectivity index (χ2n) is 8.48. The maximum atomic E-state index is 14.0. The summed E-state index contributed by atoms with van der Waals surface area (Å²) in [6.45, 7) is 0.635. The van der Waals surface area contributed by atoms with E-state index in [-0.39, 0.29) is 17.2 Å². The number of nitrogens with one attached hydrogen (secondary N) is 1. The summed E-state index contributed by atoms with van der Waals surface area (Å²) in [6.07, 6.45) is 0.167. The number of carbonyl (C=O) groups is 1. The smallest absolute Gasteiger partial charge is 0.241 e. The van der Waals surface area contributed by atoms with Gasteiger partial charge in [-0.3, -0.25) is 4.79 Å². The number of carbonyl (C=O) groups excluding carboxylic acids is 1. The minimum atomic E-state index is -4.08. The summed E-state index contributed by atoms with van der Waals surface area (Å²) in [6, 6.07) is 31.9. The van der Waals surface area contributed by atoms with Crippen LogP contribution in [0.3, 0.4) is 0 Å². The van der Waals surface area contributed by atoms with E-state index >= 15 is 0 Å². The molecule has 0 heterocycles. The number of hydrogen-bond acceptors (Lipinski definition) is 3. The zero-order chi connectivity index (χ0) is 25.4. The van der Waals surface area contributed by atoms with Crippen LogP contribution in [-0.2, 0) is 34.3 Å². The van der Waals surface area contributed by atoms with E-state index in [0.29, 0.717) is 13.1 Å². The van der Waals surface area contributed by atoms with E-state index in [4.69, 9.17) is 0 Å². The Hall–Kier alpha value is -3.81. The van der Waals surface area contributed by atoms with Crippen molar-refractivity contribution in [3.05, 3.63) is 138 Å². The van der Waals surface area contributed by atoms with Crippen molar-refractivity contribution in [2.45, 2.75) is 30.4 Å². The molecule has 0 aliphatic rings. The van der Waals surface area contributed by atoms with Gasteiger partial charge in [-0.2, -0.15) is 4.72 Å². The Kier molecular flexibility index (Phi) is 8.25. The van der Waals surface area contributed by atoms with Crippen molar-refractivity contribution in [3.8, 4) is 0 Å². The predicted molar refractivity (Wildman–Crippen MR) is 138 cm³/mol. The lowest BCUT2D eigenvalue weighted by molar-refractivity contribution is -0.134. The molecular formula is C29H27FN2O3S. The van der Waals surface area contributed by atoms with Crippen molar-refractivity contribution < 1.29 is 17.6 Å². The van der Waals surface area contributed by atoms with E-state index in [1.807, 2.05) is 91.0 Å². The molecule has 1 amide bonds. The van der Waals surface area contributed by atoms with Gasteiger partial charge in [0.05, 0.1) is 4.90 Å². The lowest BCUT2D eigenvalue weighted by Crippen LogP contribution is -2.49. The summed E-state index contributed by atoms with van der Waals surface area (Å²) in [5.41, 5.74) is 2.68. The van der Waals surface area contributed by atoms with E-state index in [1.165, 1.54) is 12.1 Å². The maximum Gasteiger partial charge on any atom is 0.241 e. The monoisotopic (exact) mass is 502 g/mol. The molecule has 0 aliphatic carbocycles. The zero-order valence-corrected chi connectivity index (χ0v) is 20.4. The number of nitrogens with zero attached hydrogens (tertiary/aromatic N) is 1. The molecule has 0 saturated carbocycles. The molecular weight excluding hydrogens is 475 g/mol. The van der Waals surface area contributed by atoms with E-state index in [2.05, 4.69) is 4.72 Å². The summed E-state index contributed by atoms with van der Waals surface area (Å²) < 4.78 is 42.4. The van der Waals surface area contributed by atoms with Crippen LogP contribution in [0.2, 0.25) is 0 Å². The lowest BCUT2D eigenvalue weighted by Gasteiger charge is -2.28. The van der Waals surface area contributed by atoms with Gasteiger partial charge < -0.3 is 4.90 Å². The van der Waals surface area contributed by atoms with Gasteiger partial charge in [-0.25, -0.2) is 12.8 Å². The van der Waals surface area contributed by atoms with Crippen LogP contribution < -0.4 is 4.72 Å². The average Bonchev–Trinajstić information content (AvgIpc) is 2.89. The minimum absolute atomic E-state index is 0.104. The Morgan fingerprint density at radius 1 is 0.694 bits per heavy atom. The first-order valence-corrected chi connectivity index (χ1v) is 13.1. The molecule has 0 spiro atoms. The van der Waals surface area contributed by atoms with Gasteiger partial charge in [0, 0.05) is 13.1 Å². The van der Waals surface area contributed by atoms with Crippen molar-refractivity contribution >= 4 is 15.9 Å². The molecule has 1 atom stereocenters. The van der Waals surface area contributed by atoms with Gasteiger partial charge in [0.15, 0.2) is 0 Å². The fraction of sp³-hybridized carbons (Fsp3) is 0.138. The molecule has 0 saturated heterocycles. The summed E-state index contributed by atoms with van der Waals surface area (Å²) in [4.78, 5) is 15.5. The molecule has 5 nitrogen and oxygen atoms in total. The van der Waals surface area contributed by atoms with Crippen LogP contribution in [0.15, 0.2) is 120 Å². The molecule has 0 aromatic heterocycles. The van der Waals surface area contributed by atoms with E-state index < -0.39 is 21.9 Å². The Bertz CT molecular complexity index is 1320. The Labute approximate surface area is 211 Å². The fourth-order valence-corrected chi connectivity index (χ4v) is 5.13. The number of hydrogen-bond donors (Lipinski definition) is 1. The zero-order valence-electron chi connectivity index (χ0n) is 19.6. The van der Waals surface area contributed by atoms with Crippen LogP contribution in [0.5, 0.6) is 0 Å². The summed E-state index contributed by atoms with van der Waals surface area (Å²) in [7, 11) is -4.08. The number of sulfonamides is 1. The molecule has 0 radical (unpaired) electrons. The molecule has 4 aromatic carbocycles. The largest absolute Gasteiger partial charge is 0.333 e. The van der Waals surface area contributed by atoms with Crippen LogP contribution in [0.25, 0.3) is 0 Å². The first-order valence-electron chi connectivity index (χ1n) is 11.6. The molecule has 4 rings (SSSR count). The van der Waals surface area contributed by atoms with E-state index in [0.717, 1.165) is 28.8 Å². The average molecular weight is 503 g/mol. The van der Waals surface area contributed by atoms with Crippen LogP contribution >= 0.6 is 0 Å². The Morgan fingerprint density at radius 3 is 1.61 bits per heavy atom. The standard InChI is InChI=1S/C29H27FN2O3S/c30-26-16-18-27(19-17-26)36(34,35)31-28(20-23-10-4-1-5-11-23)29(33)32(21-24-12-6-2-7-13-24)22-25-14-8-3-9-15-25/h1-19,28,31H,20-22H2/t28-/m0/s1. The quantitative estimate of drug-likeness (QED) is 0.334. The second kappa shape index (κ2) is 11.7. The SMILES string of the molecule is O=C([C@H](Cc1ccccc1)NS(=O)(=O)c1ccc(F)cc1)N(Cc1ccccc1)Cc1ccccc1. The topological polar surface area (TPSA) is 66.5 Å². The summed E-state index contributed by atoms with van der Waals surface area (Å²) >= 11 is 0. The van der Waals surface area contributed by atoms with Crippen molar-refractivity contribution in [2.24, 2.45) is 0 Å². The third-order valence-electron chi connectivity index (χ3n) is 5.75. The van der Waals surface area contributed by atoms with Gasteiger partial charge in [-0.1, -0.05) is 91.0 Å². The molecule has 0 bridgehead atoms. The van der Waals surface area contributed by atoms with Gasteiger partial charge in [-0.05, 0) is 47.4 Å². The van der Waals surface area contributed by atoms with Gasteiger partial charge >= 0.3 is 0 Å². The molecule has 4 aromatic rings.